The minimum absolute atomic E-state index is 0.0475. The molecule has 0 saturated heterocycles. The number of nitrogens with two attached hydrogens (primary N) is 1. The molecule has 5 N–H and O–H groups in total. The lowest BCUT2D eigenvalue weighted by molar-refractivity contribution is -0.121. The number of carbonyl (C=O) groups excluding carboxylic acids is 2. The molecule has 3 amide bonds. The predicted molar refractivity (Wildman–Crippen MR) is 95.6 cm³/mol. The Labute approximate surface area is 145 Å². The maximum absolute atomic E-state index is 11.8. The highest BCUT2D eigenvalue weighted by Gasteiger charge is 2.28. The molecule has 0 radical (unpaired) electrons. The molecule has 6 heteroatoms. The maximum Gasteiger partial charge on any atom is 0.315 e. The Morgan fingerprint density at radius 1 is 0.958 bits per heavy atom. The van der Waals surface area contributed by atoms with Crippen molar-refractivity contribution in [3.8, 4) is 0 Å². The third-order valence-corrected chi connectivity index (χ3v) is 5.07. The molecule has 0 aromatic carbocycles. The normalized spacial score (nSPS) is 19.5. The van der Waals surface area contributed by atoms with Gasteiger partial charge in [0.2, 0.25) is 5.91 Å². The summed E-state index contributed by atoms with van der Waals surface area (Å²) in [5.74, 6) is 0.713. The van der Waals surface area contributed by atoms with E-state index in [4.69, 9.17) is 5.73 Å². The summed E-state index contributed by atoms with van der Waals surface area (Å²) in [5, 5.41) is 8.87. The van der Waals surface area contributed by atoms with Crippen LogP contribution in [0.2, 0.25) is 0 Å². The van der Waals surface area contributed by atoms with E-state index in [9.17, 15) is 9.59 Å². The van der Waals surface area contributed by atoms with E-state index in [1.54, 1.807) is 0 Å². The summed E-state index contributed by atoms with van der Waals surface area (Å²) in [6.45, 7) is 1.28. The summed E-state index contributed by atoms with van der Waals surface area (Å²) < 4.78 is 0. The molecule has 0 aliphatic heterocycles. The molecule has 24 heavy (non-hydrogen) atoms. The van der Waals surface area contributed by atoms with Crippen LogP contribution in [0.3, 0.4) is 0 Å². The average molecular weight is 338 g/mol. The molecule has 2 fully saturated rings. The summed E-state index contributed by atoms with van der Waals surface area (Å²) in [4.78, 5) is 23.5. The Morgan fingerprint density at radius 3 is 2.42 bits per heavy atom. The number of amides is 3. The summed E-state index contributed by atoms with van der Waals surface area (Å²) in [6, 6.07) is 0.430. The first-order chi connectivity index (χ1) is 11.6. The number of rotatable bonds is 10. The summed E-state index contributed by atoms with van der Waals surface area (Å²) in [6.07, 6.45) is 11.6. The van der Waals surface area contributed by atoms with Gasteiger partial charge in [-0.3, -0.25) is 4.79 Å². The zero-order valence-electron chi connectivity index (χ0n) is 14.8. The summed E-state index contributed by atoms with van der Waals surface area (Å²) in [5.41, 5.74) is 5.96. The van der Waals surface area contributed by atoms with E-state index in [2.05, 4.69) is 16.0 Å². The lowest BCUT2D eigenvalue weighted by Gasteiger charge is -2.22. The van der Waals surface area contributed by atoms with Gasteiger partial charge in [0.25, 0.3) is 0 Å². The van der Waals surface area contributed by atoms with Crippen molar-refractivity contribution in [1.29, 1.82) is 0 Å². The minimum Gasteiger partial charge on any atom is -0.355 e. The van der Waals surface area contributed by atoms with Crippen LogP contribution in [0.15, 0.2) is 0 Å². The highest BCUT2D eigenvalue weighted by atomic mass is 16.2. The Balaban J connectivity index is 1.39. The third-order valence-electron chi connectivity index (χ3n) is 5.07. The number of unbranched alkanes of at least 4 members (excludes halogenated alkanes) is 2. The molecule has 2 aliphatic rings. The fraction of sp³-hybridized carbons (Fsp3) is 0.889. The summed E-state index contributed by atoms with van der Waals surface area (Å²) in [7, 11) is 0. The van der Waals surface area contributed by atoms with E-state index in [1.807, 2.05) is 0 Å². The SMILES string of the molecule is NC(CNC(=O)CCCCCNC(=O)NC1CCCCC1)C1CC1. The van der Waals surface area contributed by atoms with Gasteiger partial charge in [-0.15, -0.1) is 0 Å². The molecule has 0 spiro atoms. The molecule has 2 rings (SSSR count). The molecular weight excluding hydrogens is 304 g/mol. The van der Waals surface area contributed by atoms with Crippen LogP contribution in [0.1, 0.15) is 70.6 Å². The number of carbonyl (C=O) groups is 2. The quantitative estimate of drug-likeness (QED) is 0.459. The van der Waals surface area contributed by atoms with Gasteiger partial charge in [0, 0.05) is 31.6 Å². The maximum atomic E-state index is 11.8. The Morgan fingerprint density at radius 2 is 1.71 bits per heavy atom. The van der Waals surface area contributed by atoms with Gasteiger partial charge in [0.05, 0.1) is 0 Å². The fourth-order valence-corrected chi connectivity index (χ4v) is 3.28. The van der Waals surface area contributed by atoms with Crippen LogP contribution in [-0.4, -0.2) is 37.1 Å². The zero-order valence-corrected chi connectivity index (χ0v) is 14.8. The molecule has 138 valence electrons. The van der Waals surface area contributed by atoms with Gasteiger partial charge in [-0.05, 0) is 44.4 Å². The Bertz CT molecular complexity index is 392. The van der Waals surface area contributed by atoms with Crippen molar-refractivity contribution in [2.24, 2.45) is 11.7 Å². The zero-order chi connectivity index (χ0) is 17.2. The van der Waals surface area contributed by atoms with Gasteiger partial charge in [0.15, 0.2) is 0 Å². The van der Waals surface area contributed by atoms with Gasteiger partial charge >= 0.3 is 6.03 Å². The Hall–Kier alpha value is -1.30. The molecule has 1 atom stereocenters. The van der Waals surface area contributed by atoms with Gasteiger partial charge in [-0.1, -0.05) is 25.7 Å². The lowest BCUT2D eigenvalue weighted by atomic mass is 9.96. The monoisotopic (exact) mass is 338 g/mol. The molecule has 1 unspecified atom stereocenters. The molecule has 2 aliphatic carbocycles. The first-order valence-corrected chi connectivity index (χ1v) is 9.72. The fourth-order valence-electron chi connectivity index (χ4n) is 3.28. The van der Waals surface area contributed by atoms with E-state index in [1.165, 1.54) is 32.1 Å². The Kier molecular flexibility index (Phi) is 8.36. The van der Waals surface area contributed by atoms with Crippen molar-refractivity contribution < 1.29 is 9.59 Å². The van der Waals surface area contributed by atoms with E-state index in [0.29, 0.717) is 31.5 Å². The summed E-state index contributed by atoms with van der Waals surface area (Å²) >= 11 is 0. The van der Waals surface area contributed by atoms with Crippen LogP contribution in [0.4, 0.5) is 4.79 Å². The van der Waals surface area contributed by atoms with E-state index in [-0.39, 0.29) is 18.0 Å². The van der Waals surface area contributed by atoms with Crippen molar-refractivity contribution in [2.75, 3.05) is 13.1 Å². The number of hydrogen-bond acceptors (Lipinski definition) is 3. The topological polar surface area (TPSA) is 96.2 Å². The van der Waals surface area contributed by atoms with Gasteiger partial charge < -0.3 is 21.7 Å². The second kappa shape index (κ2) is 10.5. The van der Waals surface area contributed by atoms with Gasteiger partial charge in [0.1, 0.15) is 0 Å². The first-order valence-electron chi connectivity index (χ1n) is 9.72. The molecule has 0 heterocycles. The lowest BCUT2D eigenvalue weighted by Crippen LogP contribution is -2.43. The van der Waals surface area contributed by atoms with Crippen LogP contribution in [0.25, 0.3) is 0 Å². The third kappa shape index (κ3) is 7.99. The van der Waals surface area contributed by atoms with Gasteiger partial charge in [-0.2, -0.15) is 0 Å². The number of hydrogen-bond donors (Lipinski definition) is 4. The highest BCUT2D eigenvalue weighted by molar-refractivity contribution is 5.75. The van der Waals surface area contributed by atoms with Crippen LogP contribution in [0, 0.1) is 5.92 Å². The van der Waals surface area contributed by atoms with E-state index >= 15 is 0 Å². The second-order valence-corrected chi connectivity index (χ2v) is 7.35. The first kappa shape index (κ1) is 19.0. The number of urea groups is 1. The molecule has 2 saturated carbocycles. The van der Waals surface area contributed by atoms with Crippen molar-refractivity contribution in [3.05, 3.63) is 0 Å². The van der Waals surface area contributed by atoms with Crippen molar-refractivity contribution >= 4 is 11.9 Å². The minimum atomic E-state index is -0.0475. The van der Waals surface area contributed by atoms with Crippen molar-refractivity contribution in [1.82, 2.24) is 16.0 Å². The van der Waals surface area contributed by atoms with Crippen molar-refractivity contribution in [3.63, 3.8) is 0 Å². The van der Waals surface area contributed by atoms with Crippen LogP contribution >= 0.6 is 0 Å². The smallest absolute Gasteiger partial charge is 0.315 e. The van der Waals surface area contributed by atoms with Crippen molar-refractivity contribution in [2.45, 2.75) is 82.7 Å². The van der Waals surface area contributed by atoms with Crippen LogP contribution < -0.4 is 21.7 Å². The molecule has 0 aromatic heterocycles. The largest absolute Gasteiger partial charge is 0.355 e. The predicted octanol–water partition coefficient (Wildman–Crippen LogP) is 2.03. The molecule has 0 bridgehead atoms. The molecule has 6 nitrogen and oxygen atoms in total. The second-order valence-electron chi connectivity index (χ2n) is 7.35. The van der Waals surface area contributed by atoms with E-state index < -0.39 is 0 Å². The van der Waals surface area contributed by atoms with Crippen LogP contribution in [-0.2, 0) is 4.79 Å². The van der Waals surface area contributed by atoms with Gasteiger partial charge in [-0.25, -0.2) is 4.79 Å². The van der Waals surface area contributed by atoms with E-state index in [0.717, 1.165) is 32.1 Å². The average Bonchev–Trinajstić information content (AvgIpc) is 3.41. The highest BCUT2D eigenvalue weighted by Crippen LogP contribution is 2.31. The molecule has 0 aromatic rings. The molecular formula is C18H34N4O2. The standard InChI is InChI=1S/C18H34N4O2/c19-16(14-10-11-14)13-21-17(23)9-5-2-6-12-20-18(24)22-15-7-3-1-4-8-15/h14-16H,1-13,19H2,(H,21,23)(H2,20,22,24). The van der Waals surface area contributed by atoms with Crippen LogP contribution in [0.5, 0.6) is 0 Å². The number of nitrogens with one attached hydrogen (secondary N) is 3.